The summed E-state index contributed by atoms with van der Waals surface area (Å²) in [6.07, 6.45) is 1.74. The average Bonchev–Trinajstić information content (AvgIpc) is 3.48. The van der Waals surface area contributed by atoms with Gasteiger partial charge in [0.15, 0.2) is 5.65 Å². The van der Waals surface area contributed by atoms with Gasteiger partial charge in [0.2, 0.25) is 15.9 Å². The molecule has 1 aliphatic heterocycles. The highest BCUT2D eigenvalue weighted by molar-refractivity contribution is 7.89. The first-order valence-corrected chi connectivity index (χ1v) is 13.0. The first-order chi connectivity index (χ1) is 15.9. The number of sulfonamides is 1. The smallest absolute Gasteiger partial charge is 0.244 e. The SMILES string of the molecule is Cc1nn(CC(=O)N2CCN(S(=O)(=O)c3ccccc3)CC2)c2nccc(-c3cccs3)c12. The number of hydrogen-bond donors (Lipinski definition) is 0. The van der Waals surface area contributed by atoms with Crippen LogP contribution in [0.1, 0.15) is 5.69 Å². The van der Waals surface area contributed by atoms with Gasteiger partial charge in [-0.3, -0.25) is 4.79 Å². The van der Waals surface area contributed by atoms with Crippen LogP contribution in [0, 0.1) is 6.92 Å². The quantitative estimate of drug-likeness (QED) is 0.437. The van der Waals surface area contributed by atoms with Crippen LogP contribution in [0.3, 0.4) is 0 Å². The van der Waals surface area contributed by atoms with Crippen LogP contribution in [0.25, 0.3) is 21.5 Å². The van der Waals surface area contributed by atoms with E-state index in [4.69, 9.17) is 0 Å². The van der Waals surface area contributed by atoms with Crippen LogP contribution < -0.4 is 0 Å². The lowest BCUT2D eigenvalue weighted by molar-refractivity contribution is -0.133. The molecule has 8 nitrogen and oxygen atoms in total. The van der Waals surface area contributed by atoms with Crippen molar-refractivity contribution in [2.24, 2.45) is 0 Å². The second-order valence-electron chi connectivity index (χ2n) is 7.88. The van der Waals surface area contributed by atoms with Gasteiger partial charge in [-0.15, -0.1) is 11.3 Å². The average molecular weight is 482 g/mol. The van der Waals surface area contributed by atoms with Crippen molar-refractivity contribution < 1.29 is 13.2 Å². The van der Waals surface area contributed by atoms with Crippen molar-refractivity contribution in [1.82, 2.24) is 24.0 Å². The van der Waals surface area contributed by atoms with Crippen LogP contribution >= 0.6 is 11.3 Å². The van der Waals surface area contributed by atoms with Crippen molar-refractivity contribution in [3.05, 3.63) is 65.8 Å². The van der Waals surface area contributed by atoms with Crippen LogP contribution in [0.2, 0.25) is 0 Å². The summed E-state index contributed by atoms with van der Waals surface area (Å²) in [6.45, 7) is 3.21. The molecule has 1 aromatic carbocycles. The van der Waals surface area contributed by atoms with Crippen molar-refractivity contribution in [3.63, 3.8) is 0 Å². The number of hydrogen-bond acceptors (Lipinski definition) is 6. The summed E-state index contributed by atoms with van der Waals surface area (Å²) < 4.78 is 28.8. The molecule has 0 bridgehead atoms. The number of benzene rings is 1. The van der Waals surface area contributed by atoms with Crippen LogP contribution in [0.4, 0.5) is 0 Å². The molecule has 1 amide bonds. The van der Waals surface area contributed by atoms with Gasteiger partial charge in [0.1, 0.15) is 6.54 Å². The molecule has 4 heterocycles. The number of aryl methyl sites for hydroxylation is 1. The summed E-state index contributed by atoms with van der Waals surface area (Å²) in [6, 6.07) is 14.4. The Morgan fingerprint density at radius 1 is 1.03 bits per heavy atom. The number of amides is 1. The van der Waals surface area contributed by atoms with E-state index >= 15 is 0 Å². The molecule has 1 saturated heterocycles. The van der Waals surface area contributed by atoms with Gasteiger partial charge in [-0.2, -0.15) is 9.40 Å². The monoisotopic (exact) mass is 481 g/mol. The van der Waals surface area contributed by atoms with Crippen LogP contribution in [0.15, 0.2) is 65.0 Å². The minimum Gasteiger partial charge on any atom is -0.338 e. The third-order valence-electron chi connectivity index (χ3n) is 5.85. The lowest BCUT2D eigenvalue weighted by Crippen LogP contribution is -2.51. The van der Waals surface area contributed by atoms with E-state index in [-0.39, 0.29) is 30.4 Å². The third kappa shape index (κ3) is 4.05. The minimum absolute atomic E-state index is 0.0661. The van der Waals surface area contributed by atoms with Gasteiger partial charge in [0, 0.05) is 42.8 Å². The van der Waals surface area contributed by atoms with Gasteiger partial charge in [0.25, 0.3) is 0 Å². The van der Waals surface area contributed by atoms with Crippen LogP contribution in [-0.4, -0.2) is 64.5 Å². The van der Waals surface area contributed by atoms with Gasteiger partial charge in [-0.25, -0.2) is 18.1 Å². The number of rotatable bonds is 5. The lowest BCUT2D eigenvalue weighted by Gasteiger charge is -2.34. The number of nitrogens with zero attached hydrogens (tertiary/aromatic N) is 5. The Kier molecular flexibility index (Phi) is 5.73. The topological polar surface area (TPSA) is 88.4 Å². The Morgan fingerprint density at radius 3 is 2.48 bits per heavy atom. The van der Waals surface area contributed by atoms with Crippen molar-refractivity contribution >= 4 is 38.3 Å². The molecule has 4 aromatic rings. The molecule has 10 heteroatoms. The fourth-order valence-electron chi connectivity index (χ4n) is 4.18. The highest BCUT2D eigenvalue weighted by Gasteiger charge is 2.30. The van der Waals surface area contributed by atoms with Gasteiger partial charge < -0.3 is 4.90 Å². The summed E-state index contributed by atoms with van der Waals surface area (Å²) in [5.74, 6) is -0.0977. The molecule has 0 spiro atoms. The number of aromatic nitrogens is 3. The molecular weight excluding hydrogens is 458 g/mol. The van der Waals surface area contributed by atoms with Crippen molar-refractivity contribution in [3.8, 4) is 10.4 Å². The minimum atomic E-state index is -3.55. The third-order valence-corrected chi connectivity index (χ3v) is 8.67. The maximum absolute atomic E-state index is 13.0. The highest BCUT2D eigenvalue weighted by Crippen LogP contribution is 2.32. The maximum Gasteiger partial charge on any atom is 0.244 e. The van der Waals surface area contributed by atoms with E-state index in [1.807, 2.05) is 24.4 Å². The number of carbonyl (C=O) groups excluding carboxylic acids is 1. The summed E-state index contributed by atoms with van der Waals surface area (Å²) in [5, 5.41) is 7.57. The fourth-order valence-corrected chi connectivity index (χ4v) is 6.38. The lowest BCUT2D eigenvalue weighted by atomic mass is 10.1. The van der Waals surface area contributed by atoms with E-state index in [0.717, 1.165) is 21.5 Å². The van der Waals surface area contributed by atoms with E-state index in [9.17, 15) is 13.2 Å². The largest absolute Gasteiger partial charge is 0.338 e. The molecule has 0 saturated carbocycles. The molecule has 5 rings (SSSR count). The van der Waals surface area contributed by atoms with Gasteiger partial charge in [-0.1, -0.05) is 24.3 Å². The molecule has 0 aliphatic carbocycles. The Bertz CT molecular complexity index is 1390. The number of pyridine rings is 1. The maximum atomic E-state index is 13.0. The second kappa shape index (κ2) is 8.69. The zero-order valence-corrected chi connectivity index (χ0v) is 19.7. The Hall–Kier alpha value is -3.08. The molecule has 170 valence electrons. The van der Waals surface area contributed by atoms with E-state index in [1.165, 1.54) is 4.31 Å². The molecule has 33 heavy (non-hydrogen) atoms. The van der Waals surface area contributed by atoms with E-state index in [1.54, 1.807) is 57.4 Å². The molecule has 0 radical (unpaired) electrons. The van der Waals surface area contributed by atoms with Gasteiger partial charge in [-0.05, 0) is 36.6 Å². The Labute approximate surface area is 196 Å². The zero-order chi connectivity index (χ0) is 23.0. The zero-order valence-electron chi connectivity index (χ0n) is 18.1. The predicted molar refractivity (Wildman–Crippen MR) is 127 cm³/mol. The predicted octanol–water partition coefficient (Wildman–Crippen LogP) is 3.00. The number of thiophene rings is 1. The van der Waals surface area contributed by atoms with Gasteiger partial charge in [0.05, 0.1) is 16.0 Å². The summed E-state index contributed by atoms with van der Waals surface area (Å²) in [5.41, 5.74) is 2.57. The summed E-state index contributed by atoms with van der Waals surface area (Å²) in [4.78, 5) is 20.6. The highest BCUT2D eigenvalue weighted by atomic mass is 32.2. The first kappa shape index (κ1) is 21.7. The molecule has 0 atom stereocenters. The normalized spacial score (nSPS) is 15.2. The first-order valence-electron chi connectivity index (χ1n) is 10.6. The summed E-state index contributed by atoms with van der Waals surface area (Å²) in [7, 11) is -3.55. The van der Waals surface area contributed by atoms with E-state index in [2.05, 4.69) is 16.1 Å². The standard InChI is InChI=1S/C23H23N5O3S2/c1-17-22-19(20-8-5-15-32-20)9-10-24-23(22)28(25-17)16-21(29)26-11-13-27(14-12-26)33(30,31)18-6-3-2-4-7-18/h2-10,15H,11-14,16H2,1H3. The Morgan fingerprint density at radius 2 is 1.79 bits per heavy atom. The molecular formula is C23H23N5O3S2. The van der Waals surface area contributed by atoms with Crippen molar-refractivity contribution in [2.45, 2.75) is 18.4 Å². The van der Waals surface area contributed by atoms with Crippen molar-refractivity contribution in [1.29, 1.82) is 0 Å². The molecule has 0 N–H and O–H groups in total. The second-order valence-corrected chi connectivity index (χ2v) is 10.8. The molecule has 3 aromatic heterocycles. The van der Waals surface area contributed by atoms with E-state index in [0.29, 0.717) is 18.7 Å². The van der Waals surface area contributed by atoms with Crippen molar-refractivity contribution in [2.75, 3.05) is 26.2 Å². The van der Waals surface area contributed by atoms with Gasteiger partial charge >= 0.3 is 0 Å². The van der Waals surface area contributed by atoms with Crippen LogP contribution in [0.5, 0.6) is 0 Å². The summed E-state index contributed by atoms with van der Waals surface area (Å²) >= 11 is 1.65. The number of piperazine rings is 1. The Balaban J connectivity index is 1.31. The molecule has 1 fully saturated rings. The number of carbonyl (C=O) groups is 1. The number of fused-ring (bicyclic) bond motifs is 1. The fraction of sp³-hybridized carbons (Fsp3) is 0.261. The van der Waals surface area contributed by atoms with Crippen LogP contribution in [-0.2, 0) is 21.4 Å². The molecule has 0 unspecified atom stereocenters. The molecule has 1 aliphatic rings. The van der Waals surface area contributed by atoms with E-state index < -0.39 is 10.0 Å².